The molecule has 0 bridgehead atoms. The standard InChI is InChI=1S/C12H16N4O/c1-17-7-6-13-8-11-4-2-3-5-12(11)16-10-14-9-15-16/h2-5,9-10,13H,6-8H2,1H3. The average Bonchev–Trinajstić information content (AvgIpc) is 2.89. The molecule has 0 aliphatic heterocycles. The third kappa shape index (κ3) is 3.12. The summed E-state index contributed by atoms with van der Waals surface area (Å²) in [5, 5.41) is 7.46. The van der Waals surface area contributed by atoms with Crippen molar-refractivity contribution in [2.45, 2.75) is 6.54 Å². The Morgan fingerprint density at radius 2 is 2.24 bits per heavy atom. The molecule has 1 aromatic heterocycles. The number of benzene rings is 1. The minimum absolute atomic E-state index is 0.714. The number of nitrogens with zero attached hydrogens (tertiary/aromatic N) is 3. The van der Waals surface area contributed by atoms with Crippen molar-refractivity contribution < 1.29 is 4.74 Å². The van der Waals surface area contributed by atoms with E-state index in [0.29, 0.717) is 6.61 Å². The van der Waals surface area contributed by atoms with Gasteiger partial charge in [-0.15, -0.1) is 0 Å². The molecular formula is C12H16N4O. The quantitative estimate of drug-likeness (QED) is 0.755. The number of hydrogen-bond donors (Lipinski definition) is 1. The van der Waals surface area contributed by atoms with Gasteiger partial charge >= 0.3 is 0 Å². The van der Waals surface area contributed by atoms with Crippen LogP contribution in [0.2, 0.25) is 0 Å². The van der Waals surface area contributed by atoms with Gasteiger partial charge in [-0.1, -0.05) is 18.2 Å². The number of ether oxygens (including phenoxy) is 1. The molecule has 0 unspecified atom stereocenters. The first-order valence-electron chi connectivity index (χ1n) is 5.54. The predicted octanol–water partition coefficient (Wildman–Crippen LogP) is 1.00. The summed E-state index contributed by atoms with van der Waals surface area (Å²) in [7, 11) is 1.70. The molecule has 0 aliphatic carbocycles. The van der Waals surface area contributed by atoms with E-state index in [4.69, 9.17) is 4.74 Å². The molecule has 0 amide bonds. The van der Waals surface area contributed by atoms with Crippen LogP contribution in [0, 0.1) is 0 Å². The molecule has 90 valence electrons. The molecule has 2 aromatic rings. The molecule has 0 atom stereocenters. The van der Waals surface area contributed by atoms with Gasteiger partial charge in [-0.05, 0) is 11.6 Å². The van der Waals surface area contributed by atoms with Crippen molar-refractivity contribution in [3.05, 3.63) is 42.5 Å². The summed E-state index contributed by atoms with van der Waals surface area (Å²) >= 11 is 0. The molecular weight excluding hydrogens is 216 g/mol. The van der Waals surface area contributed by atoms with Crippen molar-refractivity contribution in [2.24, 2.45) is 0 Å². The molecule has 17 heavy (non-hydrogen) atoms. The number of nitrogens with one attached hydrogen (secondary N) is 1. The van der Waals surface area contributed by atoms with Crippen molar-refractivity contribution in [1.29, 1.82) is 0 Å². The SMILES string of the molecule is COCCNCc1ccccc1-n1cncn1. The zero-order valence-electron chi connectivity index (χ0n) is 9.84. The van der Waals surface area contributed by atoms with Crippen LogP contribution >= 0.6 is 0 Å². The second-order valence-corrected chi connectivity index (χ2v) is 3.64. The van der Waals surface area contributed by atoms with Crippen molar-refractivity contribution in [1.82, 2.24) is 20.1 Å². The highest BCUT2D eigenvalue weighted by atomic mass is 16.5. The minimum atomic E-state index is 0.714. The maximum Gasteiger partial charge on any atom is 0.138 e. The summed E-state index contributed by atoms with van der Waals surface area (Å²) in [5.74, 6) is 0. The third-order valence-electron chi connectivity index (χ3n) is 2.46. The van der Waals surface area contributed by atoms with E-state index in [1.807, 2.05) is 18.2 Å². The topological polar surface area (TPSA) is 52.0 Å². The summed E-state index contributed by atoms with van der Waals surface area (Å²) in [5.41, 5.74) is 2.24. The van der Waals surface area contributed by atoms with E-state index in [-0.39, 0.29) is 0 Å². The van der Waals surface area contributed by atoms with Crippen LogP contribution in [0.1, 0.15) is 5.56 Å². The predicted molar refractivity (Wildman–Crippen MR) is 64.9 cm³/mol. The van der Waals surface area contributed by atoms with E-state index < -0.39 is 0 Å². The van der Waals surface area contributed by atoms with Crippen molar-refractivity contribution in [2.75, 3.05) is 20.3 Å². The van der Waals surface area contributed by atoms with E-state index in [1.54, 1.807) is 18.1 Å². The smallest absolute Gasteiger partial charge is 0.138 e. The van der Waals surface area contributed by atoms with Gasteiger partial charge < -0.3 is 10.1 Å². The highest BCUT2D eigenvalue weighted by molar-refractivity contribution is 5.39. The van der Waals surface area contributed by atoms with E-state index >= 15 is 0 Å². The Bertz CT molecular complexity index is 442. The zero-order chi connectivity index (χ0) is 11.9. The Labute approximate surface area is 100 Å². The van der Waals surface area contributed by atoms with Gasteiger partial charge in [0.25, 0.3) is 0 Å². The molecule has 5 heteroatoms. The van der Waals surface area contributed by atoms with Crippen LogP contribution in [0.25, 0.3) is 5.69 Å². The summed E-state index contributed by atoms with van der Waals surface area (Å²) in [6.07, 6.45) is 3.24. The van der Waals surface area contributed by atoms with Gasteiger partial charge in [-0.2, -0.15) is 5.10 Å². The summed E-state index contributed by atoms with van der Waals surface area (Å²) in [6, 6.07) is 8.13. The largest absolute Gasteiger partial charge is 0.383 e. The van der Waals surface area contributed by atoms with E-state index in [0.717, 1.165) is 18.8 Å². The van der Waals surface area contributed by atoms with Gasteiger partial charge in [-0.3, -0.25) is 0 Å². The Balaban J connectivity index is 2.06. The zero-order valence-corrected chi connectivity index (χ0v) is 9.84. The lowest BCUT2D eigenvalue weighted by atomic mass is 10.2. The van der Waals surface area contributed by atoms with E-state index in [9.17, 15) is 0 Å². The second kappa shape index (κ2) is 6.12. The fourth-order valence-corrected chi connectivity index (χ4v) is 1.61. The monoisotopic (exact) mass is 232 g/mol. The lowest BCUT2D eigenvalue weighted by molar-refractivity contribution is 0.199. The molecule has 1 heterocycles. The van der Waals surface area contributed by atoms with Gasteiger partial charge in [0, 0.05) is 20.2 Å². The van der Waals surface area contributed by atoms with Gasteiger partial charge in [0.15, 0.2) is 0 Å². The molecule has 0 saturated heterocycles. The normalized spacial score (nSPS) is 10.6. The molecule has 0 saturated carbocycles. The first-order valence-corrected chi connectivity index (χ1v) is 5.54. The maximum atomic E-state index is 4.99. The first kappa shape index (κ1) is 11.8. The van der Waals surface area contributed by atoms with Crippen LogP contribution < -0.4 is 5.32 Å². The van der Waals surface area contributed by atoms with Crippen LogP contribution in [0.4, 0.5) is 0 Å². The molecule has 2 rings (SSSR count). The highest BCUT2D eigenvalue weighted by Crippen LogP contribution is 2.12. The Morgan fingerprint density at radius 3 is 3.00 bits per heavy atom. The van der Waals surface area contributed by atoms with Gasteiger partial charge in [0.2, 0.25) is 0 Å². The van der Waals surface area contributed by atoms with Crippen LogP contribution in [0.3, 0.4) is 0 Å². The highest BCUT2D eigenvalue weighted by Gasteiger charge is 2.03. The lowest BCUT2D eigenvalue weighted by Gasteiger charge is -2.09. The van der Waals surface area contributed by atoms with Crippen LogP contribution in [-0.4, -0.2) is 35.0 Å². The van der Waals surface area contributed by atoms with E-state index in [1.165, 1.54) is 11.9 Å². The maximum absolute atomic E-state index is 4.99. The van der Waals surface area contributed by atoms with Crippen LogP contribution in [-0.2, 0) is 11.3 Å². The summed E-state index contributed by atoms with van der Waals surface area (Å²) in [4.78, 5) is 3.96. The molecule has 5 nitrogen and oxygen atoms in total. The third-order valence-corrected chi connectivity index (χ3v) is 2.46. The molecule has 0 aliphatic rings. The van der Waals surface area contributed by atoms with Gasteiger partial charge in [0.1, 0.15) is 12.7 Å². The van der Waals surface area contributed by atoms with Gasteiger partial charge in [0.05, 0.1) is 12.3 Å². The lowest BCUT2D eigenvalue weighted by Crippen LogP contribution is -2.19. The van der Waals surface area contributed by atoms with Crippen LogP contribution in [0.15, 0.2) is 36.9 Å². The number of hydrogen-bond acceptors (Lipinski definition) is 4. The van der Waals surface area contributed by atoms with Gasteiger partial charge in [-0.25, -0.2) is 9.67 Å². The average molecular weight is 232 g/mol. The fraction of sp³-hybridized carbons (Fsp3) is 0.333. The number of rotatable bonds is 6. The molecule has 0 fully saturated rings. The molecule has 1 N–H and O–H groups in total. The van der Waals surface area contributed by atoms with Crippen molar-refractivity contribution in [3.63, 3.8) is 0 Å². The number of aromatic nitrogens is 3. The number of methoxy groups -OCH3 is 1. The Hall–Kier alpha value is -1.72. The fourth-order valence-electron chi connectivity index (χ4n) is 1.61. The Morgan fingerprint density at radius 1 is 1.35 bits per heavy atom. The second-order valence-electron chi connectivity index (χ2n) is 3.64. The Kier molecular flexibility index (Phi) is 4.23. The van der Waals surface area contributed by atoms with Crippen molar-refractivity contribution >= 4 is 0 Å². The molecule has 0 spiro atoms. The van der Waals surface area contributed by atoms with Crippen LogP contribution in [0.5, 0.6) is 0 Å². The summed E-state index contributed by atoms with van der Waals surface area (Å²) < 4.78 is 6.76. The first-order chi connectivity index (χ1) is 8.42. The minimum Gasteiger partial charge on any atom is -0.383 e. The van der Waals surface area contributed by atoms with Crippen molar-refractivity contribution in [3.8, 4) is 5.69 Å². The summed E-state index contributed by atoms with van der Waals surface area (Å²) in [6.45, 7) is 2.34. The molecule has 1 aromatic carbocycles. The number of para-hydroxylation sites is 1. The molecule has 0 radical (unpaired) electrons. The van der Waals surface area contributed by atoms with E-state index in [2.05, 4.69) is 21.5 Å².